The molecule has 0 saturated carbocycles. The Morgan fingerprint density at radius 1 is 1.46 bits per heavy atom. The van der Waals surface area contributed by atoms with Crippen LogP contribution in [0.5, 0.6) is 0 Å². The van der Waals surface area contributed by atoms with E-state index in [0.717, 1.165) is 30.6 Å². The summed E-state index contributed by atoms with van der Waals surface area (Å²) < 4.78 is 1.74. The topological polar surface area (TPSA) is 70.4 Å². The van der Waals surface area contributed by atoms with Gasteiger partial charge in [-0.3, -0.25) is 0 Å². The number of benzene rings is 1. The van der Waals surface area contributed by atoms with E-state index in [1.54, 1.807) is 21.8 Å². The monoisotopic (exact) mass is 348 g/mol. The fourth-order valence-corrected chi connectivity index (χ4v) is 3.23. The van der Waals surface area contributed by atoms with Crippen molar-refractivity contribution in [2.45, 2.75) is 32.2 Å². The molecule has 2 aromatic rings. The number of amides is 2. The number of aliphatic hydroxyl groups is 1. The molecule has 1 fully saturated rings. The van der Waals surface area contributed by atoms with Crippen molar-refractivity contribution in [2.75, 3.05) is 18.5 Å². The van der Waals surface area contributed by atoms with Crippen LogP contribution in [0.15, 0.2) is 30.5 Å². The van der Waals surface area contributed by atoms with Gasteiger partial charge in [0.25, 0.3) is 0 Å². The molecule has 7 heteroatoms. The van der Waals surface area contributed by atoms with E-state index in [4.69, 9.17) is 11.6 Å². The number of anilines is 1. The largest absolute Gasteiger partial charge is 0.394 e. The molecule has 1 aromatic carbocycles. The number of carbonyl (C=O) groups excluding carboxylic acids is 1. The normalized spacial score (nSPS) is 17.8. The Morgan fingerprint density at radius 3 is 3.04 bits per heavy atom. The zero-order valence-electron chi connectivity index (χ0n) is 13.6. The summed E-state index contributed by atoms with van der Waals surface area (Å²) in [6.07, 6.45) is 4.47. The predicted octanol–water partition coefficient (Wildman–Crippen LogP) is 3.21. The van der Waals surface area contributed by atoms with Crippen molar-refractivity contribution in [3.05, 3.63) is 41.2 Å². The van der Waals surface area contributed by atoms with Crippen LogP contribution in [-0.4, -0.2) is 45.0 Å². The predicted molar refractivity (Wildman–Crippen MR) is 93.8 cm³/mol. The minimum atomic E-state index is -0.192. The van der Waals surface area contributed by atoms with Crippen molar-refractivity contribution in [1.82, 2.24) is 14.7 Å². The zero-order chi connectivity index (χ0) is 17.1. The number of aromatic nitrogens is 2. The molecule has 1 atom stereocenters. The minimum absolute atomic E-state index is 0.00578. The third-order valence-corrected chi connectivity index (χ3v) is 4.64. The molecule has 128 valence electrons. The van der Waals surface area contributed by atoms with E-state index in [2.05, 4.69) is 10.4 Å². The molecule has 1 saturated heterocycles. The third-order valence-electron chi connectivity index (χ3n) is 4.40. The minimum Gasteiger partial charge on any atom is -0.394 e. The van der Waals surface area contributed by atoms with Crippen molar-refractivity contribution in [1.29, 1.82) is 0 Å². The van der Waals surface area contributed by atoms with Crippen LogP contribution < -0.4 is 5.32 Å². The molecule has 6 nitrogen and oxygen atoms in total. The highest BCUT2D eigenvalue weighted by Gasteiger charge is 2.26. The second-order valence-electron chi connectivity index (χ2n) is 5.99. The Morgan fingerprint density at radius 2 is 2.29 bits per heavy atom. The molecule has 2 heterocycles. The highest BCUT2D eigenvalue weighted by Crippen LogP contribution is 2.22. The fourth-order valence-electron chi connectivity index (χ4n) is 3.05. The highest BCUT2D eigenvalue weighted by molar-refractivity contribution is 6.30. The summed E-state index contributed by atoms with van der Waals surface area (Å²) in [5, 5.41) is 17.3. The zero-order valence-corrected chi connectivity index (χ0v) is 14.3. The fraction of sp³-hybridized carbons (Fsp3) is 0.412. The Kier molecular flexibility index (Phi) is 5.06. The summed E-state index contributed by atoms with van der Waals surface area (Å²) >= 11 is 6.03. The number of hydrogen-bond acceptors (Lipinski definition) is 3. The molecule has 1 aliphatic heterocycles. The van der Waals surface area contributed by atoms with Crippen LogP contribution in [0.4, 0.5) is 10.5 Å². The van der Waals surface area contributed by atoms with Crippen LogP contribution in [0.3, 0.4) is 0 Å². The summed E-state index contributed by atoms with van der Waals surface area (Å²) in [4.78, 5) is 14.2. The maximum Gasteiger partial charge on any atom is 0.322 e. The number of hydrogen-bond donors (Lipinski definition) is 2. The number of carbonyl (C=O) groups is 1. The lowest BCUT2D eigenvalue weighted by molar-refractivity contribution is 0.115. The van der Waals surface area contributed by atoms with E-state index in [-0.39, 0.29) is 18.7 Å². The Balaban J connectivity index is 1.77. The van der Waals surface area contributed by atoms with Gasteiger partial charge in [-0.2, -0.15) is 5.10 Å². The van der Waals surface area contributed by atoms with Crippen LogP contribution in [-0.2, 0) is 0 Å². The summed E-state index contributed by atoms with van der Waals surface area (Å²) in [5.41, 5.74) is 2.32. The van der Waals surface area contributed by atoms with Crippen LogP contribution in [0, 0.1) is 6.92 Å². The first-order chi connectivity index (χ1) is 11.6. The maximum atomic E-state index is 12.5. The molecule has 3 rings (SSSR count). The molecule has 0 spiro atoms. The van der Waals surface area contributed by atoms with Crippen molar-refractivity contribution in [3.8, 4) is 5.69 Å². The number of likely N-dealkylation sites (tertiary alicyclic amines) is 1. The smallest absolute Gasteiger partial charge is 0.322 e. The van der Waals surface area contributed by atoms with Crippen LogP contribution >= 0.6 is 11.6 Å². The molecule has 0 unspecified atom stereocenters. The van der Waals surface area contributed by atoms with E-state index >= 15 is 0 Å². The van der Waals surface area contributed by atoms with Gasteiger partial charge in [-0.1, -0.05) is 17.7 Å². The average molecular weight is 349 g/mol. The van der Waals surface area contributed by atoms with Gasteiger partial charge in [0.05, 0.1) is 35.9 Å². The molecular formula is C17H21ClN4O2. The third kappa shape index (κ3) is 3.39. The molecule has 0 bridgehead atoms. The van der Waals surface area contributed by atoms with Crippen LogP contribution in [0.2, 0.25) is 5.02 Å². The number of nitrogens with one attached hydrogen (secondary N) is 1. The number of halogens is 1. The van der Waals surface area contributed by atoms with Crippen molar-refractivity contribution in [2.24, 2.45) is 0 Å². The van der Waals surface area contributed by atoms with E-state index < -0.39 is 0 Å². The number of nitrogens with zero attached hydrogens (tertiary/aromatic N) is 3. The molecule has 0 aliphatic carbocycles. The van der Waals surface area contributed by atoms with Gasteiger partial charge in [-0.15, -0.1) is 0 Å². The van der Waals surface area contributed by atoms with E-state index in [1.807, 2.05) is 25.1 Å². The van der Waals surface area contributed by atoms with Gasteiger partial charge in [0.2, 0.25) is 0 Å². The van der Waals surface area contributed by atoms with Gasteiger partial charge >= 0.3 is 6.03 Å². The Bertz CT molecular complexity index is 731. The van der Waals surface area contributed by atoms with Gasteiger partial charge < -0.3 is 15.3 Å². The lowest BCUT2D eigenvalue weighted by atomic mass is 10.0. The molecule has 2 amide bonds. The average Bonchev–Trinajstić information content (AvgIpc) is 2.95. The van der Waals surface area contributed by atoms with Crippen LogP contribution in [0.25, 0.3) is 5.69 Å². The van der Waals surface area contributed by atoms with Gasteiger partial charge in [0.1, 0.15) is 0 Å². The number of piperidine rings is 1. The molecule has 1 aliphatic rings. The molecule has 1 aromatic heterocycles. The maximum absolute atomic E-state index is 12.5. The highest BCUT2D eigenvalue weighted by atomic mass is 35.5. The van der Waals surface area contributed by atoms with Crippen molar-refractivity contribution in [3.63, 3.8) is 0 Å². The van der Waals surface area contributed by atoms with E-state index in [1.165, 1.54) is 0 Å². The number of aliphatic hydroxyl groups excluding tert-OH is 1. The summed E-state index contributed by atoms with van der Waals surface area (Å²) in [7, 11) is 0. The van der Waals surface area contributed by atoms with Gasteiger partial charge in [-0.05, 0) is 44.4 Å². The number of urea groups is 1. The van der Waals surface area contributed by atoms with Gasteiger partial charge in [-0.25, -0.2) is 9.48 Å². The van der Waals surface area contributed by atoms with Crippen molar-refractivity contribution >= 4 is 23.3 Å². The lowest BCUT2D eigenvalue weighted by Crippen LogP contribution is -2.47. The first kappa shape index (κ1) is 16.8. The molecule has 2 N–H and O–H groups in total. The second-order valence-corrected chi connectivity index (χ2v) is 6.43. The first-order valence-electron chi connectivity index (χ1n) is 8.09. The lowest BCUT2D eigenvalue weighted by Gasteiger charge is -2.34. The quantitative estimate of drug-likeness (QED) is 0.894. The molecular weight excluding hydrogens is 328 g/mol. The summed E-state index contributed by atoms with van der Waals surface area (Å²) in [6, 6.07) is 7.09. The SMILES string of the molecule is Cc1c(NC(=O)N2CCCC[C@H]2CO)cnn1-c1cccc(Cl)c1. The molecule has 0 radical (unpaired) electrons. The van der Waals surface area contributed by atoms with Crippen LogP contribution in [0.1, 0.15) is 25.0 Å². The Labute approximate surface area is 146 Å². The summed E-state index contributed by atoms with van der Waals surface area (Å²) in [6.45, 7) is 2.55. The van der Waals surface area contributed by atoms with E-state index in [0.29, 0.717) is 17.3 Å². The summed E-state index contributed by atoms with van der Waals surface area (Å²) in [5.74, 6) is 0. The van der Waals surface area contributed by atoms with E-state index in [9.17, 15) is 9.90 Å². The van der Waals surface area contributed by atoms with Gasteiger partial charge in [0, 0.05) is 11.6 Å². The van der Waals surface area contributed by atoms with Crippen molar-refractivity contribution < 1.29 is 9.90 Å². The Hall–Kier alpha value is -2.05. The molecule has 24 heavy (non-hydrogen) atoms. The first-order valence-corrected chi connectivity index (χ1v) is 8.47. The standard InChI is InChI=1S/C17H21ClN4O2/c1-12-16(10-19-22(12)14-7-4-5-13(18)9-14)20-17(24)21-8-3-2-6-15(21)11-23/h4-5,7,9-10,15,23H,2-3,6,8,11H2,1H3,(H,20,24)/t15-/m0/s1. The number of rotatable bonds is 3. The van der Waals surface area contributed by atoms with Gasteiger partial charge in [0.15, 0.2) is 0 Å². The second kappa shape index (κ2) is 7.23.